The molecule has 1 aliphatic heterocycles. The fraction of sp³-hybridized carbons (Fsp3) is 0.261. The molecule has 0 N–H and O–H groups in total. The summed E-state index contributed by atoms with van der Waals surface area (Å²) in [4.78, 5) is 26.7. The van der Waals surface area contributed by atoms with Crippen molar-refractivity contribution in [1.29, 1.82) is 0 Å². The van der Waals surface area contributed by atoms with Crippen LogP contribution in [0.3, 0.4) is 0 Å². The average molecular weight is 454 g/mol. The Morgan fingerprint density at radius 2 is 1.75 bits per heavy atom. The van der Waals surface area contributed by atoms with E-state index in [-0.39, 0.29) is 17.1 Å². The smallest absolute Gasteiger partial charge is 0.342 e. The second-order valence-electron chi connectivity index (χ2n) is 7.68. The summed E-state index contributed by atoms with van der Waals surface area (Å²) in [5.41, 5.74) is 2.21. The van der Waals surface area contributed by atoms with Gasteiger partial charge in [-0.2, -0.15) is 5.10 Å². The van der Waals surface area contributed by atoms with E-state index in [1.807, 2.05) is 60.7 Å². The fourth-order valence-corrected chi connectivity index (χ4v) is 5.41. The summed E-state index contributed by atoms with van der Waals surface area (Å²) in [6, 6.07) is 18.2. The van der Waals surface area contributed by atoms with Crippen molar-refractivity contribution in [3.05, 3.63) is 72.4 Å². The number of esters is 1. The number of ether oxygens (including phenoxy) is 1. The minimum atomic E-state index is -3.12. The molecule has 0 bridgehead atoms. The number of aromatic nitrogens is 2. The van der Waals surface area contributed by atoms with Crippen LogP contribution in [0.5, 0.6) is 0 Å². The van der Waals surface area contributed by atoms with Gasteiger partial charge >= 0.3 is 5.97 Å². The number of hydrogen-bond donors (Lipinski definition) is 0. The number of para-hydroxylation sites is 1. The maximum atomic E-state index is 12.9. The molecule has 0 saturated carbocycles. The summed E-state index contributed by atoms with van der Waals surface area (Å²) in [6.07, 6.45) is 1.97. The van der Waals surface area contributed by atoms with Gasteiger partial charge < -0.3 is 9.64 Å². The van der Waals surface area contributed by atoms with E-state index in [1.165, 1.54) is 11.9 Å². The molecule has 166 valence electrons. The quantitative estimate of drug-likeness (QED) is 0.532. The summed E-state index contributed by atoms with van der Waals surface area (Å²) in [6.45, 7) is -0.476. The van der Waals surface area contributed by atoms with Gasteiger partial charge in [0.25, 0.3) is 5.91 Å². The first-order valence-corrected chi connectivity index (χ1v) is 12.0. The van der Waals surface area contributed by atoms with E-state index < -0.39 is 34.4 Å². The number of benzene rings is 2. The lowest BCUT2D eigenvalue weighted by Gasteiger charge is -2.23. The molecule has 1 aliphatic rings. The molecule has 1 amide bonds. The van der Waals surface area contributed by atoms with E-state index in [0.29, 0.717) is 12.1 Å². The topological polar surface area (TPSA) is 98.6 Å². The molecule has 2 heterocycles. The van der Waals surface area contributed by atoms with Gasteiger partial charge in [-0.05, 0) is 18.6 Å². The van der Waals surface area contributed by atoms with E-state index in [2.05, 4.69) is 5.10 Å². The summed E-state index contributed by atoms with van der Waals surface area (Å²) < 4.78 is 30.3. The molecule has 1 aromatic heterocycles. The Morgan fingerprint density at radius 1 is 1.09 bits per heavy atom. The molecule has 1 atom stereocenters. The summed E-state index contributed by atoms with van der Waals surface area (Å²) in [5.74, 6) is -1.12. The number of rotatable bonds is 6. The van der Waals surface area contributed by atoms with Crippen molar-refractivity contribution in [1.82, 2.24) is 14.7 Å². The van der Waals surface area contributed by atoms with Crippen molar-refractivity contribution in [2.45, 2.75) is 12.5 Å². The van der Waals surface area contributed by atoms with Crippen molar-refractivity contribution >= 4 is 21.7 Å². The van der Waals surface area contributed by atoms with Crippen molar-refractivity contribution in [3.63, 3.8) is 0 Å². The van der Waals surface area contributed by atoms with Crippen LogP contribution >= 0.6 is 0 Å². The van der Waals surface area contributed by atoms with Crippen LogP contribution in [0, 0.1) is 0 Å². The number of carbonyl (C=O) groups excluding carboxylic acids is 2. The van der Waals surface area contributed by atoms with Crippen molar-refractivity contribution in [2.75, 3.05) is 25.2 Å². The van der Waals surface area contributed by atoms with Crippen LogP contribution in [0.25, 0.3) is 16.9 Å². The van der Waals surface area contributed by atoms with E-state index in [1.54, 1.807) is 10.9 Å². The predicted octanol–water partition coefficient (Wildman–Crippen LogP) is 2.34. The van der Waals surface area contributed by atoms with Crippen LogP contribution in [-0.2, 0) is 19.4 Å². The van der Waals surface area contributed by atoms with E-state index in [9.17, 15) is 18.0 Å². The molecule has 0 unspecified atom stereocenters. The number of sulfone groups is 1. The van der Waals surface area contributed by atoms with Crippen LogP contribution in [0.2, 0.25) is 0 Å². The van der Waals surface area contributed by atoms with Crippen LogP contribution in [-0.4, -0.2) is 66.2 Å². The van der Waals surface area contributed by atoms with Gasteiger partial charge in [0.15, 0.2) is 16.4 Å². The molecule has 1 fully saturated rings. The highest BCUT2D eigenvalue weighted by Crippen LogP contribution is 2.24. The lowest BCUT2D eigenvalue weighted by Crippen LogP contribution is -2.40. The zero-order valence-corrected chi connectivity index (χ0v) is 18.4. The van der Waals surface area contributed by atoms with Crippen LogP contribution in [0.15, 0.2) is 66.9 Å². The number of hydrogen-bond acceptors (Lipinski definition) is 6. The SMILES string of the molecule is CN(C(=O)COC(=O)c1cn(-c2ccccc2)nc1-c1ccccc1)[C@H]1CCS(=O)(=O)C1. The van der Waals surface area contributed by atoms with E-state index in [4.69, 9.17) is 4.74 Å². The molecule has 1 saturated heterocycles. The van der Waals surface area contributed by atoms with Gasteiger partial charge in [0, 0.05) is 24.8 Å². The van der Waals surface area contributed by atoms with E-state index >= 15 is 0 Å². The second kappa shape index (κ2) is 8.96. The van der Waals surface area contributed by atoms with Gasteiger partial charge in [-0.15, -0.1) is 0 Å². The van der Waals surface area contributed by atoms with Crippen LogP contribution in [0.1, 0.15) is 16.8 Å². The molecule has 0 aliphatic carbocycles. The lowest BCUT2D eigenvalue weighted by molar-refractivity contribution is -0.134. The Bertz CT molecular complexity index is 1220. The third-order valence-corrected chi connectivity index (χ3v) is 7.23. The molecule has 32 heavy (non-hydrogen) atoms. The first-order valence-electron chi connectivity index (χ1n) is 10.2. The number of amides is 1. The molecular weight excluding hydrogens is 430 g/mol. The van der Waals surface area contributed by atoms with Gasteiger partial charge in [0.2, 0.25) is 0 Å². The first-order chi connectivity index (χ1) is 15.3. The Morgan fingerprint density at radius 3 is 2.38 bits per heavy atom. The molecule has 4 rings (SSSR count). The van der Waals surface area contributed by atoms with Gasteiger partial charge in [-0.25, -0.2) is 17.9 Å². The maximum Gasteiger partial charge on any atom is 0.342 e. The van der Waals surface area contributed by atoms with Gasteiger partial charge in [0.1, 0.15) is 11.3 Å². The molecule has 0 spiro atoms. The van der Waals surface area contributed by atoms with Crippen LogP contribution < -0.4 is 0 Å². The monoisotopic (exact) mass is 453 g/mol. The highest BCUT2D eigenvalue weighted by Gasteiger charge is 2.33. The van der Waals surface area contributed by atoms with Crippen molar-refractivity contribution in [2.24, 2.45) is 0 Å². The lowest BCUT2D eigenvalue weighted by atomic mass is 10.1. The van der Waals surface area contributed by atoms with E-state index in [0.717, 1.165) is 11.3 Å². The summed E-state index contributed by atoms with van der Waals surface area (Å²) in [5, 5.41) is 4.57. The van der Waals surface area contributed by atoms with Crippen LogP contribution in [0.4, 0.5) is 0 Å². The summed E-state index contributed by atoms with van der Waals surface area (Å²) >= 11 is 0. The normalized spacial score (nSPS) is 17.1. The Labute approximate surface area is 186 Å². The second-order valence-corrected chi connectivity index (χ2v) is 9.90. The number of nitrogens with zero attached hydrogens (tertiary/aromatic N) is 3. The highest BCUT2D eigenvalue weighted by molar-refractivity contribution is 7.91. The van der Waals surface area contributed by atoms with Crippen molar-refractivity contribution < 1.29 is 22.7 Å². The first kappa shape index (κ1) is 21.8. The van der Waals surface area contributed by atoms with Gasteiger partial charge in [0.05, 0.1) is 17.2 Å². The molecule has 2 aromatic carbocycles. The highest BCUT2D eigenvalue weighted by atomic mass is 32.2. The number of carbonyl (C=O) groups is 2. The summed E-state index contributed by atoms with van der Waals surface area (Å²) in [7, 11) is -1.59. The predicted molar refractivity (Wildman–Crippen MR) is 119 cm³/mol. The molecule has 0 radical (unpaired) electrons. The standard InChI is InChI=1S/C23H23N3O5S/c1-25(19-12-13-32(29,30)16-19)21(27)15-31-23(28)20-14-26(18-10-6-3-7-11-18)24-22(20)17-8-4-2-5-9-17/h2-11,14,19H,12-13,15-16H2,1H3/t19-/m0/s1. The largest absolute Gasteiger partial charge is 0.452 e. The average Bonchev–Trinajstić information content (AvgIpc) is 3.41. The zero-order valence-electron chi connectivity index (χ0n) is 17.5. The fourth-order valence-electron chi connectivity index (χ4n) is 3.64. The Kier molecular flexibility index (Phi) is 6.09. The maximum absolute atomic E-state index is 12.9. The third-order valence-electron chi connectivity index (χ3n) is 5.48. The molecule has 8 nitrogen and oxygen atoms in total. The van der Waals surface area contributed by atoms with Gasteiger partial charge in [-0.3, -0.25) is 4.79 Å². The minimum Gasteiger partial charge on any atom is -0.452 e. The zero-order chi connectivity index (χ0) is 22.7. The van der Waals surface area contributed by atoms with Gasteiger partial charge in [-0.1, -0.05) is 48.5 Å². The Balaban J connectivity index is 1.52. The molecule has 3 aromatic rings. The Hall–Kier alpha value is -3.46. The molecular formula is C23H23N3O5S. The minimum absolute atomic E-state index is 0.0637. The number of likely N-dealkylation sites (N-methyl/N-ethyl adjacent to an activating group) is 1. The van der Waals surface area contributed by atoms with Crippen molar-refractivity contribution in [3.8, 4) is 16.9 Å². The third kappa shape index (κ3) is 4.72. The molecule has 9 heteroatoms.